The van der Waals surface area contributed by atoms with Gasteiger partial charge in [0, 0.05) is 19.5 Å². The molecule has 1 aliphatic heterocycles. The Morgan fingerprint density at radius 1 is 1.38 bits per heavy atom. The third-order valence-corrected chi connectivity index (χ3v) is 2.71. The summed E-state index contributed by atoms with van der Waals surface area (Å²) in [4.78, 5) is 1.83. The van der Waals surface area contributed by atoms with Gasteiger partial charge in [-0.2, -0.15) is 0 Å². The molecule has 0 unspecified atom stereocenters. The Morgan fingerprint density at radius 3 is 2.46 bits per heavy atom. The van der Waals surface area contributed by atoms with Gasteiger partial charge in [-0.25, -0.2) is 8.78 Å². The molecule has 2 nitrogen and oxygen atoms in total. The zero-order valence-electron chi connectivity index (χ0n) is 8.32. The Hall–Kier alpha value is -0.220. The Morgan fingerprint density at radius 2 is 2.00 bits per heavy atom. The maximum absolute atomic E-state index is 13.4. The van der Waals surface area contributed by atoms with Crippen LogP contribution in [0.2, 0.25) is 0 Å². The standard InChI is InChI=1S/C9H18F2N2/c1-3-13(4-2)8-7-12-6-5-9(8,10)11/h8,12H,3-7H2,1-2H3/t8-/m0/s1. The lowest BCUT2D eigenvalue weighted by Gasteiger charge is -2.38. The Labute approximate surface area is 78.3 Å². The number of hydrogen-bond donors (Lipinski definition) is 1. The van der Waals surface area contributed by atoms with Crippen LogP contribution in [0.25, 0.3) is 0 Å². The van der Waals surface area contributed by atoms with E-state index >= 15 is 0 Å². The van der Waals surface area contributed by atoms with E-state index in [1.165, 1.54) is 0 Å². The van der Waals surface area contributed by atoms with E-state index in [1.807, 2.05) is 18.7 Å². The summed E-state index contributed by atoms with van der Waals surface area (Å²) in [6.45, 7) is 6.08. The van der Waals surface area contributed by atoms with Gasteiger partial charge in [0.25, 0.3) is 5.92 Å². The van der Waals surface area contributed by atoms with Crippen LogP contribution in [0.4, 0.5) is 8.78 Å². The van der Waals surface area contributed by atoms with Crippen LogP contribution in [-0.2, 0) is 0 Å². The average molecular weight is 192 g/mol. The van der Waals surface area contributed by atoms with Gasteiger partial charge in [-0.15, -0.1) is 0 Å². The number of alkyl halides is 2. The Bertz CT molecular complexity index is 158. The van der Waals surface area contributed by atoms with E-state index in [2.05, 4.69) is 5.32 Å². The van der Waals surface area contributed by atoms with E-state index in [1.54, 1.807) is 0 Å². The topological polar surface area (TPSA) is 15.3 Å². The molecular formula is C9H18F2N2. The smallest absolute Gasteiger partial charge is 0.265 e. The fourth-order valence-electron chi connectivity index (χ4n) is 1.87. The summed E-state index contributed by atoms with van der Waals surface area (Å²) in [5.41, 5.74) is 0. The fraction of sp³-hybridized carbons (Fsp3) is 1.00. The third kappa shape index (κ3) is 2.38. The minimum Gasteiger partial charge on any atom is -0.315 e. The van der Waals surface area contributed by atoms with E-state index in [9.17, 15) is 8.78 Å². The van der Waals surface area contributed by atoms with Crippen molar-refractivity contribution in [3.8, 4) is 0 Å². The van der Waals surface area contributed by atoms with Crippen molar-refractivity contribution in [2.45, 2.75) is 32.2 Å². The van der Waals surface area contributed by atoms with Crippen LogP contribution < -0.4 is 5.32 Å². The molecule has 1 heterocycles. The Kier molecular flexibility index (Phi) is 3.62. The van der Waals surface area contributed by atoms with Crippen molar-refractivity contribution in [2.75, 3.05) is 26.2 Å². The first-order chi connectivity index (χ1) is 6.11. The molecule has 0 radical (unpaired) electrons. The van der Waals surface area contributed by atoms with Crippen LogP contribution in [0.3, 0.4) is 0 Å². The van der Waals surface area contributed by atoms with Crippen LogP contribution in [0.5, 0.6) is 0 Å². The van der Waals surface area contributed by atoms with Crippen LogP contribution in [0.15, 0.2) is 0 Å². The van der Waals surface area contributed by atoms with Gasteiger partial charge in [-0.05, 0) is 13.1 Å². The molecule has 0 aromatic heterocycles. The lowest BCUT2D eigenvalue weighted by Crippen LogP contribution is -2.57. The van der Waals surface area contributed by atoms with Crippen molar-refractivity contribution >= 4 is 0 Å². The van der Waals surface area contributed by atoms with Crippen molar-refractivity contribution in [1.29, 1.82) is 0 Å². The van der Waals surface area contributed by atoms with Gasteiger partial charge >= 0.3 is 0 Å². The molecule has 1 atom stereocenters. The van der Waals surface area contributed by atoms with Crippen molar-refractivity contribution in [2.24, 2.45) is 0 Å². The largest absolute Gasteiger partial charge is 0.315 e. The number of likely N-dealkylation sites (N-methyl/N-ethyl adjacent to an activating group) is 1. The molecule has 13 heavy (non-hydrogen) atoms. The molecule has 0 aromatic rings. The fourth-order valence-corrected chi connectivity index (χ4v) is 1.87. The molecular weight excluding hydrogens is 174 g/mol. The molecule has 0 bridgehead atoms. The molecule has 4 heteroatoms. The van der Waals surface area contributed by atoms with Crippen molar-refractivity contribution in [3.05, 3.63) is 0 Å². The van der Waals surface area contributed by atoms with Gasteiger partial charge in [0.05, 0.1) is 6.04 Å². The van der Waals surface area contributed by atoms with Gasteiger partial charge in [-0.1, -0.05) is 13.8 Å². The number of halogens is 2. The minimum absolute atomic E-state index is 0.0336. The van der Waals surface area contributed by atoms with E-state index in [0.29, 0.717) is 26.2 Å². The summed E-state index contributed by atoms with van der Waals surface area (Å²) in [5, 5.41) is 3.02. The summed E-state index contributed by atoms with van der Waals surface area (Å²) in [7, 11) is 0. The number of rotatable bonds is 3. The minimum atomic E-state index is -2.52. The summed E-state index contributed by atoms with van der Waals surface area (Å²) < 4.78 is 26.8. The SMILES string of the molecule is CCN(CC)[C@H]1CNCCC1(F)F. The van der Waals surface area contributed by atoms with Gasteiger partial charge < -0.3 is 5.32 Å². The summed E-state index contributed by atoms with van der Waals surface area (Å²) in [6, 6.07) is -0.615. The quantitative estimate of drug-likeness (QED) is 0.725. The first kappa shape index (κ1) is 10.9. The van der Waals surface area contributed by atoms with E-state index in [-0.39, 0.29) is 6.42 Å². The first-order valence-electron chi connectivity index (χ1n) is 4.94. The molecule has 1 aliphatic rings. The van der Waals surface area contributed by atoms with E-state index < -0.39 is 12.0 Å². The Balaban J connectivity index is 2.63. The highest BCUT2D eigenvalue weighted by Gasteiger charge is 2.43. The molecule has 1 N–H and O–H groups in total. The molecule has 0 aliphatic carbocycles. The zero-order chi connectivity index (χ0) is 9.90. The summed E-state index contributed by atoms with van der Waals surface area (Å²) >= 11 is 0. The molecule has 1 rings (SSSR count). The molecule has 1 saturated heterocycles. The lowest BCUT2D eigenvalue weighted by molar-refractivity contribution is -0.0968. The summed E-state index contributed by atoms with van der Waals surface area (Å²) in [5.74, 6) is -2.52. The monoisotopic (exact) mass is 192 g/mol. The maximum Gasteiger partial charge on any atom is 0.265 e. The second-order valence-electron chi connectivity index (χ2n) is 3.45. The average Bonchev–Trinajstić information content (AvgIpc) is 2.09. The first-order valence-corrected chi connectivity index (χ1v) is 4.94. The van der Waals surface area contributed by atoms with Crippen molar-refractivity contribution in [1.82, 2.24) is 10.2 Å². The second kappa shape index (κ2) is 4.33. The van der Waals surface area contributed by atoms with E-state index in [0.717, 1.165) is 0 Å². The van der Waals surface area contributed by atoms with Crippen LogP contribution in [0.1, 0.15) is 20.3 Å². The molecule has 0 amide bonds. The van der Waals surface area contributed by atoms with Crippen molar-refractivity contribution in [3.63, 3.8) is 0 Å². The van der Waals surface area contributed by atoms with Crippen LogP contribution >= 0.6 is 0 Å². The van der Waals surface area contributed by atoms with Crippen LogP contribution in [0, 0.1) is 0 Å². The number of hydrogen-bond acceptors (Lipinski definition) is 2. The number of nitrogens with zero attached hydrogens (tertiary/aromatic N) is 1. The van der Waals surface area contributed by atoms with Crippen molar-refractivity contribution < 1.29 is 8.78 Å². The van der Waals surface area contributed by atoms with Gasteiger partial charge in [0.15, 0.2) is 0 Å². The normalized spacial score (nSPS) is 27.9. The highest BCUT2D eigenvalue weighted by molar-refractivity contribution is 4.91. The van der Waals surface area contributed by atoms with Crippen LogP contribution in [-0.4, -0.2) is 43.0 Å². The van der Waals surface area contributed by atoms with Gasteiger partial charge in [0.1, 0.15) is 0 Å². The highest BCUT2D eigenvalue weighted by atomic mass is 19.3. The van der Waals surface area contributed by atoms with Gasteiger partial charge in [0.2, 0.25) is 0 Å². The second-order valence-corrected chi connectivity index (χ2v) is 3.45. The molecule has 0 spiro atoms. The maximum atomic E-state index is 13.4. The molecule has 1 fully saturated rings. The number of nitrogens with one attached hydrogen (secondary N) is 1. The van der Waals surface area contributed by atoms with E-state index in [4.69, 9.17) is 0 Å². The number of piperidine rings is 1. The van der Waals surface area contributed by atoms with Gasteiger partial charge in [-0.3, -0.25) is 4.90 Å². The highest BCUT2D eigenvalue weighted by Crippen LogP contribution is 2.28. The predicted octanol–water partition coefficient (Wildman–Crippen LogP) is 1.33. The molecule has 78 valence electrons. The lowest BCUT2D eigenvalue weighted by atomic mass is 10.0. The molecule has 0 saturated carbocycles. The zero-order valence-corrected chi connectivity index (χ0v) is 8.32. The third-order valence-electron chi connectivity index (χ3n) is 2.71. The predicted molar refractivity (Wildman–Crippen MR) is 49.1 cm³/mol. The molecule has 0 aromatic carbocycles. The summed E-state index contributed by atoms with van der Waals surface area (Å²) in [6.07, 6.45) is -0.0336.